The molecule has 1 N–H and O–H groups in total. The Morgan fingerprint density at radius 2 is 2.27 bits per heavy atom. The SMILES string of the molecule is CCC1COCCN1C1CCC1CNC. The minimum atomic E-state index is 0.670. The molecule has 2 fully saturated rings. The second-order valence-electron chi connectivity index (χ2n) is 4.84. The van der Waals surface area contributed by atoms with Crippen molar-refractivity contribution in [2.75, 3.05) is 33.4 Å². The normalized spacial score (nSPS) is 37.6. The monoisotopic (exact) mass is 212 g/mol. The Bertz CT molecular complexity index is 198. The lowest BCUT2D eigenvalue weighted by Crippen LogP contribution is -2.57. The summed E-state index contributed by atoms with van der Waals surface area (Å²) in [6.07, 6.45) is 4.02. The first-order valence-corrected chi connectivity index (χ1v) is 6.35. The zero-order valence-electron chi connectivity index (χ0n) is 10.0. The molecular formula is C12H24N2O. The first-order valence-electron chi connectivity index (χ1n) is 6.35. The van der Waals surface area contributed by atoms with Gasteiger partial charge < -0.3 is 10.1 Å². The number of nitrogens with zero attached hydrogens (tertiary/aromatic N) is 1. The van der Waals surface area contributed by atoms with Crippen LogP contribution in [0, 0.1) is 5.92 Å². The van der Waals surface area contributed by atoms with Gasteiger partial charge in [0, 0.05) is 18.6 Å². The molecule has 3 heteroatoms. The van der Waals surface area contributed by atoms with Crippen molar-refractivity contribution in [3.63, 3.8) is 0 Å². The molecule has 1 saturated heterocycles. The summed E-state index contributed by atoms with van der Waals surface area (Å²) in [7, 11) is 2.06. The summed E-state index contributed by atoms with van der Waals surface area (Å²) in [6.45, 7) is 6.47. The Kier molecular flexibility index (Phi) is 4.00. The van der Waals surface area contributed by atoms with E-state index in [1.165, 1.54) is 25.8 Å². The average molecular weight is 212 g/mol. The zero-order chi connectivity index (χ0) is 10.7. The Morgan fingerprint density at radius 3 is 2.87 bits per heavy atom. The number of rotatable bonds is 4. The molecule has 1 aliphatic heterocycles. The standard InChI is InChI=1S/C12H24N2O/c1-3-11-9-15-7-6-14(11)12-5-4-10(12)8-13-2/h10-13H,3-9H2,1-2H3. The van der Waals surface area contributed by atoms with Crippen LogP contribution in [0.5, 0.6) is 0 Å². The van der Waals surface area contributed by atoms with Crippen LogP contribution in [0.25, 0.3) is 0 Å². The van der Waals surface area contributed by atoms with Gasteiger partial charge in [0.2, 0.25) is 0 Å². The lowest BCUT2D eigenvalue weighted by atomic mass is 9.77. The molecule has 88 valence electrons. The molecule has 1 saturated carbocycles. The van der Waals surface area contributed by atoms with Crippen LogP contribution >= 0.6 is 0 Å². The van der Waals surface area contributed by atoms with Gasteiger partial charge in [0.25, 0.3) is 0 Å². The van der Waals surface area contributed by atoms with E-state index in [4.69, 9.17) is 4.74 Å². The molecule has 0 aromatic carbocycles. The fraction of sp³-hybridized carbons (Fsp3) is 1.00. The minimum Gasteiger partial charge on any atom is -0.378 e. The molecule has 3 nitrogen and oxygen atoms in total. The maximum absolute atomic E-state index is 5.56. The summed E-state index contributed by atoms with van der Waals surface area (Å²) < 4.78 is 5.56. The molecule has 3 unspecified atom stereocenters. The second kappa shape index (κ2) is 5.28. The third-order valence-electron chi connectivity index (χ3n) is 4.01. The van der Waals surface area contributed by atoms with E-state index in [2.05, 4.69) is 24.2 Å². The van der Waals surface area contributed by atoms with E-state index < -0.39 is 0 Å². The Hall–Kier alpha value is -0.120. The van der Waals surface area contributed by atoms with Crippen molar-refractivity contribution >= 4 is 0 Å². The molecule has 2 rings (SSSR count). The van der Waals surface area contributed by atoms with Gasteiger partial charge in [-0.1, -0.05) is 6.92 Å². The van der Waals surface area contributed by atoms with Gasteiger partial charge in [-0.3, -0.25) is 4.90 Å². The smallest absolute Gasteiger partial charge is 0.0622 e. The molecule has 0 amide bonds. The summed E-state index contributed by atoms with van der Waals surface area (Å²) in [5.41, 5.74) is 0. The fourth-order valence-corrected chi connectivity index (χ4v) is 2.94. The van der Waals surface area contributed by atoms with Crippen molar-refractivity contribution in [3.8, 4) is 0 Å². The van der Waals surface area contributed by atoms with Crippen molar-refractivity contribution in [3.05, 3.63) is 0 Å². The Morgan fingerprint density at radius 1 is 1.40 bits per heavy atom. The zero-order valence-corrected chi connectivity index (χ0v) is 10.0. The van der Waals surface area contributed by atoms with Crippen LogP contribution in [0.15, 0.2) is 0 Å². The highest BCUT2D eigenvalue weighted by Gasteiger charge is 2.38. The first-order chi connectivity index (χ1) is 7.36. The average Bonchev–Trinajstić information content (AvgIpc) is 2.25. The molecule has 0 aromatic heterocycles. The van der Waals surface area contributed by atoms with Gasteiger partial charge in [0.1, 0.15) is 0 Å². The van der Waals surface area contributed by atoms with E-state index in [1.807, 2.05) is 0 Å². The molecule has 3 atom stereocenters. The Balaban J connectivity index is 1.90. The first kappa shape index (κ1) is 11.4. The number of morpholine rings is 1. The van der Waals surface area contributed by atoms with Gasteiger partial charge in [-0.05, 0) is 38.8 Å². The highest BCUT2D eigenvalue weighted by Crippen LogP contribution is 2.34. The summed E-state index contributed by atoms with van der Waals surface area (Å²) in [6, 6.07) is 1.50. The van der Waals surface area contributed by atoms with Crippen molar-refractivity contribution in [1.82, 2.24) is 10.2 Å². The van der Waals surface area contributed by atoms with Gasteiger partial charge in [0.05, 0.1) is 13.2 Å². The molecule has 0 spiro atoms. The van der Waals surface area contributed by atoms with E-state index in [1.54, 1.807) is 0 Å². The largest absolute Gasteiger partial charge is 0.378 e. The molecular weight excluding hydrogens is 188 g/mol. The topological polar surface area (TPSA) is 24.5 Å². The lowest BCUT2D eigenvalue weighted by molar-refractivity contribution is -0.0654. The van der Waals surface area contributed by atoms with Gasteiger partial charge in [-0.15, -0.1) is 0 Å². The number of nitrogens with one attached hydrogen (secondary N) is 1. The van der Waals surface area contributed by atoms with Crippen LogP contribution in [0.2, 0.25) is 0 Å². The van der Waals surface area contributed by atoms with Crippen molar-refractivity contribution in [2.45, 2.75) is 38.3 Å². The van der Waals surface area contributed by atoms with Crippen LogP contribution in [0.3, 0.4) is 0 Å². The van der Waals surface area contributed by atoms with Crippen molar-refractivity contribution < 1.29 is 4.74 Å². The van der Waals surface area contributed by atoms with Crippen LogP contribution in [-0.2, 0) is 4.74 Å². The highest BCUT2D eigenvalue weighted by atomic mass is 16.5. The molecule has 0 aromatic rings. The summed E-state index contributed by atoms with van der Waals surface area (Å²) in [4.78, 5) is 2.70. The van der Waals surface area contributed by atoms with Crippen LogP contribution < -0.4 is 5.32 Å². The molecule has 1 aliphatic carbocycles. The van der Waals surface area contributed by atoms with E-state index in [-0.39, 0.29) is 0 Å². The summed E-state index contributed by atoms with van der Waals surface area (Å²) in [5, 5.41) is 3.31. The number of ether oxygens (including phenoxy) is 1. The van der Waals surface area contributed by atoms with Crippen molar-refractivity contribution in [2.24, 2.45) is 5.92 Å². The third kappa shape index (κ3) is 2.35. The number of hydrogen-bond acceptors (Lipinski definition) is 3. The van der Waals surface area contributed by atoms with Gasteiger partial charge in [-0.25, -0.2) is 0 Å². The predicted molar refractivity (Wildman–Crippen MR) is 62.0 cm³/mol. The summed E-state index contributed by atoms with van der Waals surface area (Å²) >= 11 is 0. The van der Waals surface area contributed by atoms with Crippen molar-refractivity contribution in [1.29, 1.82) is 0 Å². The molecule has 0 radical (unpaired) electrons. The molecule has 15 heavy (non-hydrogen) atoms. The van der Waals surface area contributed by atoms with Crippen LogP contribution in [0.4, 0.5) is 0 Å². The second-order valence-corrected chi connectivity index (χ2v) is 4.84. The van der Waals surface area contributed by atoms with Crippen LogP contribution in [0.1, 0.15) is 26.2 Å². The van der Waals surface area contributed by atoms with Crippen LogP contribution in [-0.4, -0.2) is 50.3 Å². The lowest BCUT2D eigenvalue weighted by Gasteiger charge is -2.49. The quantitative estimate of drug-likeness (QED) is 0.755. The van der Waals surface area contributed by atoms with E-state index >= 15 is 0 Å². The van der Waals surface area contributed by atoms with E-state index in [9.17, 15) is 0 Å². The maximum Gasteiger partial charge on any atom is 0.0622 e. The third-order valence-corrected chi connectivity index (χ3v) is 4.01. The van der Waals surface area contributed by atoms with Gasteiger partial charge in [-0.2, -0.15) is 0 Å². The number of hydrogen-bond donors (Lipinski definition) is 1. The maximum atomic E-state index is 5.56. The molecule has 2 aliphatic rings. The predicted octanol–water partition coefficient (Wildman–Crippen LogP) is 1.10. The fourth-order valence-electron chi connectivity index (χ4n) is 2.94. The van der Waals surface area contributed by atoms with E-state index in [0.29, 0.717) is 6.04 Å². The Labute approximate surface area is 93.2 Å². The van der Waals surface area contributed by atoms with Gasteiger partial charge in [0.15, 0.2) is 0 Å². The molecule has 1 heterocycles. The summed E-state index contributed by atoms with van der Waals surface area (Å²) in [5.74, 6) is 0.877. The molecule has 0 bridgehead atoms. The van der Waals surface area contributed by atoms with E-state index in [0.717, 1.165) is 31.7 Å². The van der Waals surface area contributed by atoms with Gasteiger partial charge >= 0.3 is 0 Å². The minimum absolute atomic E-state index is 0.670. The highest BCUT2D eigenvalue weighted by molar-refractivity contribution is 4.93.